The van der Waals surface area contributed by atoms with Crippen molar-refractivity contribution < 1.29 is 17.9 Å². The number of sulfone groups is 1. The summed E-state index contributed by atoms with van der Waals surface area (Å²) in [4.78, 5) is 16.9. The Labute approximate surface area is 178 Å². The van der Waals surface area contributed by atoms with Crippen LogP contribution in [0.5, 0.6) is 5.75 Å². The number of carbonyl (C=O) groups is 1. The molecule has 0 saturated carbocycles. The molecule has 2 aliphatic heterocycles. The summed E-state index contributed by atoms with van der Waals surface area (Å²) in [6.07, 6.45) is 0.754. The molecular formula is C23H28N2O4S. The highest BCUT2D eigenvalue weighted by molar-refractivity contribution is 7.91. The largest absolute Gasteiger partial charge is 0.497 e. The second-order valence-corrected chi connectivity index (χ2v) is 10.5. The highest BCUT2D eigenvalue weighted by Gasteiger charge is 2.49. The third kappa shape index (κ3) is 4.09. The number of nitrogens with zero attached hydrogens (tertiary/aromatic N) is 2. The molecule has 2 heterocycles. The van der Waals surface area contributed by atoms with Crippen molar-refractivity contribution in [3.05, 3.63) is 59.2 Å². The van der Waals surface area contributed by atoms with Gasteiger partial charge in [-0.05, 0) is 61.2 Å². The number of methoxy groups -OCH3 is 1. The van der Waals surface area contributed by atoms with E-state index in [1.165, 1.54) is 0 Å². The highest BCUT2D eigenvalue weighted by Crippen LogP contribution is 2.32. The summed E-state index contributed by atoms with van der Waals surface area (Å²) >= 11 is 0. The summed E-state index contributed by atoms with van der Waals surface area (Å²) in [6.45, 7) is 4.92. The molecule has 0 aromatic heterocycles. The van der Waals surface area contributed by atoms with Crippen LogP contribution in [-0.4, -0.2) is 63.0 Å². The third-order valence-corrected chi connectivity index (χ3v) is 8.02. The van der Waals surface area contributed by atoms with E-state index in [1.54, 1.807) is 12.0 Å². The summed E-state index contributed by atoms with van der Waals surface area (Å²) in [5.41, 5.74) is 4.18. The lowest BCUT2D eigenvalue weighted by Gasteiger charge is -2.43. The predicted molar refractivity (Wildman–Crippen MR) is 118 cm³/mol. The molecule has 4 rings (SSSR count). The molecule has 2 aliphatic rings. The number of amides is 1. The van der Waals surface area contributed by atoms with Gasteiger partial charge in [0.05, 0.1) is 31.2 Å². The van der Waals surface area contributed by atoms with Crippen molar-refractivity contribution >= 4 is 21.4 Å². The maximum Gasteiger partial charge on any atom is 0.241 e. The van der Waals surface area contributed by atoms with Gasteiger partial charge in [-0.1, -0.05) is 18.2 Å². The van der Waals surface area contributed by atoms with Gasteiger partial charge in [0.15, 0.2) is 9.84 Å². The first kappa shape index (κ1) is 20.9. The van der Waals surface area contributed by atoms with Gasteiger partial charge in [-0.2, -0.15) is 0 Å². The monoisotopic (exact) mass is 428 g/mol. The van der Waals surface area contributed by atoms with Crippen LogP contribution in [0.25, 0.3) is 0 Å². The van der Waals surface area contributed by atoms with E-state index in [2.05, 4.69) is 4.90 Å². The number of hydrogen-bond donors (Lipinski definition) is 0. The van der Waals surface area contributed by atoms with Gasteiger partial charge in [0, 0.05) is 18.3 Å². The van der Waals surface area contributed by atoms with Crippen LogP contribution in [0, 0.1) is 13.8 Å². The first-order valence-electron chi connectivity index (χ1n) is 10.2. The van der Waals surface area contributed by atoms with Crippen molar-refractivity contribution in [2.45, 2.75) is 32.4 Å². The predicted octanol–water partition coefficient (Wildman–Crippen LogP) is 2.37. The van der Waals surface area contributed by atoms with Gasteiger partial charge in [0.1, 0.15) is 5.75 Å². The normalized spacial score (nSPS) is 23.4. The molecule has 6 nitrogen and oxygen atoms in total. The second kappa shape index (κ2) is 8.04. The van der Waals surface area contributed by atoms with Crippen LogP contribution in [0.2, 0.25) is 0 Å². The van der Waals surface area contributed by atoms with Crippen molar-refractivity contribution in [3.8, 4) is 5.75 Å². The van der Waals surface area contributed by atoms with Gasteiger partial charge in [0.2, 0.25) is 5.91 Å². The van der Waals surface area contributed by atoms with Gasteiger partial charge in [-0.25, -0.2) is 8.42 Å². The van der Waals surface area contributed by atoms with Gasteiger partial charge < -0.3 is 9.64 Å². The van der Waals surface area contributed by atoms with E-state index in [-0.39, 0.29) is 36.0 Å². The summed E-state index contributed by atoms with van der Waals surface area (Å²) in [7, 11) is -1.55. The molecule has 30 heavy (non-hydrogen) atoms. The lowest BCUT2D eigenvalue weighted by atomic mass is 10.0. The first-order chi connectivity index (χ1) is 14.3. The lowest BCUT2D eigenvalue weighted by molar-refractivity contribution is -0.123. The minimum Gasteiger partial charge on any atom is -0.497 e. The van der Waals surface area contributed by atoms with Gasteiger partial charge >= 0.3 is 0 Å². The van der Waals surface area contributed by atoms with Crippen LogP contribution in [0.15, 0.2) is 42.5 Å². The molecule has 2 aromatic rings. The fourth-order valence-corrected chi connectivity index (χ4v) is 6.46. The fourth-order valence-electron chi connectivity index (χ4n) is 4.48. The summed E-state index contributed by atoms with van der Waals surface area (Å²) in [5, 5.41) is 0. The first-order valence-corrected chi connectivity index (χ1v) is 12.1. The van der Waals surface area contributed by atoms with Crippen molar-refractivity contribution in [2.75, 3.05) is 36.6 Å². The molecule has 0 bridgehead atoms. The Kier molecular flexibility index (Phi) is 5.59. The van der Waals surface area contributed by atoms with Crippen molar-refractivity contribution in [1.29, 1.82) is 0 Å². The Hall–Kier alpha value is -2.38. The number of carbonyl (C=O) groups excluding carboxylic acids is 1. The van der Waals surface area contributed by atoms with Crippen LogP contribution in [0.4, 0.5) is 5.69 Å². The summed E-state index contributed by atoms with van der Waals surface area (Å²) in [6, 6.07) is 13.2. The van der Waals surface area contributed by atoms with Gasteiger partial charge in [-0.15, -0.1) is 0 Å². The average molecular weight is 429 g/mol. The van der Waals surface area contributed by atoms with E-state index in [4.69, 9.17) is 4.74 Å². The molecule has 2 aromatic carbocycles. The maximum absolute atomic E-state index is 13.1. The molecule has 0 radical (unpaired) electrons. The van der Waals surface area contributed by atoms with Gasteiger partial charge in [-0.3, -0.25) is 9.69 Å². The van der Waals surface area contributed by atoms with Crippen LogP contribution in [-0.2, 0) is 21.1 Å². The molecule has 7 heteroatoms. The molecule has 1 amide bonds. The van der Waals surface area contributed by atoms with Crippen LogP contribution < -0.4 is 9.64 Å². The zero-order valence-corrected chi connectivity index (χ0v) is 18.5. The number of benzene rings is 2. The number of anilines is 1. The molecule has 2 saturated heterocycles. The molecular weight excluding hydrogens is 400 g/mol. The van der Waals surface area contributed by atoms with Crippen LogP contribution in [0.1, 0.15) is 16.7 Å². The molecule has 2 atom stereocenters. The van der Waals surface area contributed by atoms with Crippen molar-refractivity contribution in [2.24, 2.45) is 0 Å². The Morgan fingerprint density at radius 2 is 1.70 bits per heavy atom. The van der Waals surface area contributed by atoms with E-state index < -0.39 is 9.84 Å². The van der Waals surface area contributed by atoms with E-state index in [1.807, 2.05) is 56.3 Å². The maximum atomic E-state index is 13.1. The Morgan fingerprint density at radius 1 is 1.00 bits per heavy atom. The fraction of sp³-hybridized carbons (Fsp3) is 0.435. The van der Waals surface area contributed by atoms with Crippen molar-refractivity contribution in [1.82, 2.24) is 4.90 Å². The van der Waals surface area contributed by atoms with Gasteiger partial charge in [0.25, 0.3) is 0 Å². The smallest absolute Gasteiger partial charge is 0.241 e. The zero-order chi connectivity index (χ0) is 21.5. The molecule has 2 fully saturated rings. The standard InChI is InChI=1S/C23H28N2O4S/c1-16-4-7-19(12-17(16)2)25-22-15-30(27,28)14-21(22)24(13-23(25)26)11-10-18-5-8-20(29-3)9-6-18/h4-9,12,21-22H,10-11,13-15H2,1-3H3. The summed E-state index contributed by atoms with van der Waals surface area (Å²) < 4.78 is 30.2. The number of rotatable bonds is 5. The van der Waals surface area contributed by atoms with E-state index in [0.717, 1.165) is 34.5 Å². The Morgan fingerprint density at radius 3 is 2.37 bits per heavy atom. The van der Waals surface area contributed by atoms with Crippen LogP contribution in [0.3, 0.4) is 0 Å². The molecule has 0 spiro atoms. The quantitative estimate of drug-likeness (QED) is 0.732. The molecule has 160 valence electrons. The molecule has 0 N–H and O–H groups in total. The number of fused-ring (bicyclic) bond motifs is 1. The van der Waals surface area contributed by atoms with E-state index in [9.17, 15) is 13.2 Å². The van der Waals surface area contributed by atoms with E-state index in [0.29, 0.717) is 6.54 Å². The van der Waals surface area contributed by atoms with Crippen LogP contribution >= 0.6 is 0 Å². The van der Waals surface area contributed by atoms with Crippen molar-refractivity contribution in [3.63, 3.8) is 0 Å². The number of piperazine rings is 1. The SMILES string of the molecule is COc1ccc(CCN2CC(=O)N(c3ccc(C)c(C)c3)C3CS(=O)(=O)CC32)cc1. The topological polar surface area (TPSA) is 66.9 Å². The Balaban J connectivity index is 1.56. The third-order valence-electron chi connectivity index (χ3n) is 6.32. The summed E-state index contributed by atoms with van der Waals surface area (Å²) in [5.74, 6) is 0.897. The highest BCUT2D eigenvalue weighted by atomic mass is 32.2. The van der Waals surface area contributed by atoms with E-state index >= 15 is 0 Å². The minimum absolute atomic E-state index is 0.0232. The number of aryl methyl sites for hydroxylation is 2. The molecule has 0 aliphatic carbocycles. The zero-order valence-electron chi connectivity index (χ0n) is 17.7. The minimum atomic E-state index is -3.19. The lowest BCUT2D eigenvalue weighted by Crippen LogP contribution is -2.62. The molecule has 2 unspecified atom stereocenters. The Bertz CT molecular complexity index is 1050. The second-order valence-electron chi connectivity index (χ2n) is 8.31. The number of hydrogen-bond acceptors (Lipinski definition) is 5. The average Bonchev–Trinajstić information content (AvgIpc) is 3.03. The number of ether oxygens (including phenoxy) is 1.